The van der Waals surface area contributed by atoms with E-state index in [1.54, 1.807) is 6.92 Å². The Kier molecular flexibility index (Phi) is 6.45. The number of aromatic nitrogens is 3. The van der Waals surface area contributed by atoms with E-state index in [4.69, 9.17) is 0 Å². The minimum absolute atomic E-state index is 0.0515. The summed E-state index contributed by atoms with van der Waals surface area (Å²) in [4.78, 5) is 34.7. The summed E-state index contributed by atoms with van der Waals surface area (Å²) < 4.78 is 1.51. The largest absolute Gasteiger partial charge is 0.343 e. The van der Waals surface area contributed by atoms with Crippen LogP contribution in [0.1, 0.15) is 12.5 Å². The zero-order valence-corrected chi connectivity index (χ0v) is 16.4. The Bertz CT molecular complexity index is 1050. The van der Waals surface area contributed by atoms with Crippen molar-refractivity contribution in [3.05, 3.63) is 80.8 Å². The van der Waals surface area contributed by atoms with Gasteiger partial charge in [-0.2, -0.15) is 0 Å². The van der Waals surface area contributed by atoms with Gasteiger partial charge in [0, 0.05) is 24.4 Å². The number of carbonyl (C=O) groups is 1. The summed E-state index contributed by atoms with van der Waals surface area (Å²) in [5, 5.41) is 19.7. The van der Waals surface area contributed by atoms with Gasteiger partial charge in [-0.25, -0.2) is 9.89 Å². The van der Waals surface area contributed by atoms with Gasteiger partial charge >= 0.3 is 5.69 Å². The maximum atomic E-state index is 12.4. The standard InChI is InChI=1S/C19H19N5O4S/c1-13(17(25)20-15-7-9-16(10-8-15)24(27)28)29-19-22-21-18(26)23(19)12-11-14-5-3-2-4-6-14/h2-10,13H,11-12H2,1H3,(H,20,25)(H,21,26)/t13-/m0/s1. The van der Waals surface area contributed by atoms with Gasteiger partial charge in [0.1, 0.15) is 0 Å². The Balaban J connectivity index is 1.62. The van der Waals surface area contributed by atoms with Crippen molar-refractivity contribution >= 4 is 29.0 Å². The molecule has 1 heterocycles. The van der Waals surface area contributed by atoms with Crippen LogP contribution in [-0.4, -0.2) is 30.8 Å². The first-order valence-electron chi connectivity index (χ1n) is 8.85. The Morgan fingerprint density at radius 2 is 1.93 bits per heavy atom. The Morgan fingerprint density at radius 3 is 2.59 bits per heavy atom. The van der Waals surface area contributed by atoms with Crippen molar-refractivity contribution in [3.63, 3.8) is 0 Å². The second kappa shape index (κ2) is 9.20. The van der Waals surface area contributed by atoms with Crippen LogP contribution in [0.3, 0.4) is 0 Å². The maximum absolute atomic E-state index is 12.4. The van der Waals surface area contributed by atoms with Crippen molar-refractivity contribution < 1.29 is 9.72 Å². The maximum Gasteiger partial charge on any atom is 0.343 e. The van der Waals surface area contributed by atoms with E-state index >= 15 is 0 Å². The van der Waals surface area contributed by atoms with Gasteiger partial charge in [-0.15, -0.1) is 5.10 Å². The van der Waals surface area contributed by atoms with Crippen LogP contribution >= 0.6 is 11.8 Å². The molecule has 0 aliphatic carbocycles. The molecule has 150 valence electrons. The average Bonchev–Trinajstić information content (AvgIpc) is 3.06. The van der Waals surface area contributed by atoms with E-state index in [-0.39, 0.29) is 17.3 Å². The van der Waals surface area contributed by atoms with Crippen molar-refractivity contribution in [2.75, 3.05) is 5.32 Å². The summed E-state index contributed by atoms with van der Waals surface area (Å²) >= 11 is 1.16. The highest BCUT2D eigenvalue weighted by Gasteiger charge is 2.19. The van der Waals surface area contributed by atoms with Gasteiger partial charge in [0.25, 0.3) is 5.69 Å². The molecule has 1 amide bonds. The van der Waals surface area contributed by atoms with Gasteiger partial charge in [0.05, 0.1) is 10.2 Å². The molecule has 0 radical (unpaired) electrons. The predicted molar refractivity (Wildman–Crippen MR) is 110 cm³/mol. The molecule has 1 aromatic heterocycles. The number of nitrogens with zero attached hydrogens (tertiary/aromatic N) is 3. The lowest BCUT2D eigenvalue weighted by atomic mass is 10.1. The molecule has 0 aliphatic heterocycles. The van der Waals surface area contributed by atoms with Gasteiger partial charge in [0.15, 0.2) is 5.16 Å². The normalized spacial score (nSPS) is 11.8. The number of aromatic amines is 1. The molecule has 9 nitrogen and oxygen atoms in total. The summed E-state index contributed by atoms with van der Waals surface area (Å²) in [5.74, 6) is -0.297. The molecule has 3 rings (SSSR count). The highest BCUT2D eigenvalue weighted by Crippen LogP contribution is 2.22. The molecule has 0 fully saturated rings. The number of amides is 1. The number of anilines is 1. The number of non-ortho nitro benzene ring substituents is 1. The van der Waals surface area contributed by atoms with Crippen LogP contribution in [0.2, 0.25) is 0 Å². The van der Waals surface area contributed by atoms with E-state index in [0.717, 1.165) is 17.3 Å². The van der Waals surface area contributed by atoms with Crippen LogP contribution in [0.15, 0.2) is 64.5 Å². The van der Waals surface area contributed by atoms with E-state index < -0.39 is 10.2 Å². The smallest absolute Gasteiger partial charge is 0.325 e. The first-order valence-corrected chi connectivity index (χ1v) is 9.73. The molecular formula is C19H19N5O4S. The van der Waals surface area contributed by atoms with E-state index in [0.29, 0.717) is 23.8 Å². The van der Waals surface area contributed by atoms with Gasteiger partial charge in [0.2, 0.25) is 5.91 Å². The summed E-state index contributed by atoms with van der Waals surface area (Å²) in [6.07, 6.45) is 0.664. The van der Waals surface area contributed by atoms with E-state index in [9.17, 15) is 19.7 Å². The molecule has 0 bridgehead atoms. The number of aryl methyl sites for hydroxylation is 1. The van der Waals surface area contributed by atoms with E-state index in [1.807, 2.05) is 30.3 Å². The fraction of sp³-hybridized carbons (Fsp3) is 0.211. The van der Waals surface area contributed by atoms with Gasteiger partial charge in [-0.1, -0.05) is 42.1 Å². The Hall–Kier alpha value is -3.40. The number of H-pyrrole nitrogens is 1. The van der Waals surface area contributed by atoms with Gasteiger partial charge in [-0.05, 0) is 31.0 Å². The number of carbonyl (C=O) groups excluding carboxylic acids is 1. The zero-order valence-electron chi connectivity index (χ0n) is 15.6. The number of hydrogen-bond acceptors (Lipinski definition) is 6. The number of hydrogen-bond donors (Lipinski definition) is 2. The molecule has 1 atom stereocenters. The number of rotatable bonds is 8. The topological polar surface area (TPSA) is 123 Å². The molecule has 2 aromatic carbocycles. The first-order chi connectivity index (χ1) is 13.9. The van der Waals surface area contributed by atoms with Crippen LogP contribution in [0.4, 0.5) is 11.4 Å². The third-order valence-corrected chi connectivity index (χ3v) is 5.28. The minimum Gasteiger partial charge on any atom is -0.325 e. The van der Waals surface area contributed by atoms with Crippen LogP contribution in [0, 0.1) is 10.1 Å². The third kappa shape index (κ3) is 5.32. The van der Waals surface area contributed by atoms with Crippen LogP contribution in [0.5, 0.6) is 0 Å². The highest BCUT2D eigenvalue weighted by atomic mass is 32.2. The van der Waals surface area contributed by atoms with Gasteiger partial charge in [-0.3, -0.25) is 19.5 Å². The summed E-state index contributed by atoms with van der Waals surface area (Å²) in [6, 6.07) is 15.4. The Morgan fingerprint density at radius 1 is 1.24 bits per heavy atom. The molecular weight excluding hydrogens is 394 g/mol. The third-order valence-electron chi connectivity index (χ3n) is 4.19. The van der Waals surface area contributed by atoms with E-state index in [1.165, 1.54) is 28.8 Å². The molecule has 0 spiro atoms. The summed E-state index contributed by atoms with van der Waals surface area (Å²) in [7, 11) is 0. The molecule has 2 N–H and O–H groups in total. The number of nitro benzene ring substituents is 1. The molecule has 0 saturated heterocycles. The quantitative estimate of drug-likeness (QED) is 0.333. The minimum atomic E-state index is -0.532. The Labute approximate surface area is 170 Å². The van der Waals surface area contributed by atoms with Crippen LogP contribution in [-0.2, 0) is 17.8 Å². The van der Waals surface area contributed by atoms with Crippen molar-refractivity contribution in [3.8, 4) is 0 Å². The average molecular weight is 413 g/mol. The van der Waals surface area contributed by atoms with Crippen LogP contribution in [0.25, 0.3) is 0 Å². The second-order valence-corrected chi connectivity index (χ2v) is 7.56. The lowest BCUT2D eigenvalue weighted by molar-refractivity contribution is -0.384. The SMILES string of the molecule is C[C@H](Sc1n[nH]c(=O)n1CCc1ccccc1)C(=O)Nc1ccc([N+](=O)[O-])cc1. The molecule has 0 unspecified atom stereocenters. The van der Waals surface area contributed by atoms with Crippen LogP contribution < -0.4 is 11.0 Å². The lowest BCUT2D eigenvalue weighted by Gasteiger charge is -2.12. The lowest BCUT2D eigenvalue weighted by Crippen LogP contribution is -2.24. The molecule has 3 aromatic rings. The number of nitrogens with one attached hydrogen (secondary N) is 2. The monoisotopic (exact) mass is 413 g/mol. The summed E-state index contributed by atoms with van der Waals surface area (Å²) in [5.41, 5.74) is 1.17. The van der Waals surface area contributed by atoms with Crippen molar-refractivity contribution in [2.24, 2.45) is 0 Å². The van der Waals surface area contributed by atoms with Crippen molar-refractivity contribution in [1.82, 2.24) is 14.8 Å². The van der Waals surface area contributed by atoms with Crippen molar-refractivity contribution in [1.29, 1.82) is 0 Å². The highest BCUT2D eigenvalue weighted by molar-refractivity contribution is 8.00. The zero-order chi connectivity index (χ0) is 20.8. The summed E-state index contributed by atoms with van der Waals surface area (Å²) in [6.45, 7) is 2.14. The number of nitro groups is 1. The molecule has 0 aliphatic rings. The number of benzene rings is 2. The van der Waals surface area contributed by atoms with Gasteiger partial charge < -0.3 is 5.32 Å². The fourth-order valence-corrected chi connectivity index (χ4v) is 3.48. The fourth-order valence-electron chi connectivity index (χ4n) is 2.60. The molecule has 10 heteroatoms. The first kappa shape index (κ1) is 20.3. The second-order valence-electron chi connectivity index (χ2n) is 6.25. The molecule has 29 heavy (non-hydrogen) atoms. The molecule has 0 saturated carbocycles. The predicted octanol–water partition coefficient (Wildman–Crippen LogP) is 2.84. The number of thioether (sulfide) groups is 1. The van der Waals surface area contributed by atoms with Crippen molar-refractivity contribution in [2.45, 2.75) is 30.3 Å². The van der Waals surface area contributed by atoms with E-state index in [2.05, 4.69) is 15.5 Å².